The van der Waals surface area contributed by atoms with Crippen LogP contribution in [-0.4, -0.2) is 4.98 Å². The highest BCUT2D eigenvalue weighted by Gasteiger charge is 2.36. The standard InChI is InChI=1S/C49H36N2/c1-49(2)45-28-26-39(31-44(45)41-27-22-36(30-46(41)49)40-16-10-17-43-42-15-8-9-18-47(42)50-48(40)43)51(38-25-21-33-13-6-7-14-35(33)29-38)37-23-19-34(20-24-37)32-11-4-3-5-12-32/h3-31,50H,1-2H3. The number of rotatable bonds is 5. The van der Waals surface area contributed by atoms with Crippen LogP contribution in [0.3, 0.4) is 0 Å². The lowest BCUT2D eigenvalue weighted by atomic mass is 9.81. The lowest BCUT2D eigenvalue weighted by Crippen LogP contribution is -2.15. The fourth-order valence-electron chi connectivity index (χ4n) is 8.36. The molecule has 0 atom stereocenters. The molecule has 0 saturated carbocycles. The average Bonchev–Trinajstić information content (AvgIpc) is 3.67. The summed E-state index contributed by atoms with van der Waals surface area (Å²) >= 11 is 0. The van der Waals surface area contributed by atoms with Gasteiger partial charge in [-0.3, -0.25) is 0 Å². The first-order valence-corrected chi connectivity index (χ1v) is 17.8. The normalized spacial score (nSPS) is 13.1. The van der Waals surface area contributed by atoms with Crippen LogP contribution >= 0.6 is 0 Å². The summed E-state index contributed by atoms with van der Waals surface area (Å²) < 4.78 is 0. The molecule has 0 amide bonds. The molecule has 1 heterocycles. The Morgan fingerprint density at radius 3 is 1.94 bits per heavy atom. The van der Waals surface area contributed by atoms with E-state index in [4.69, 9.17) is 0 Å². The molecular formula is C49H36N2. The van der Waals surface area contributed by atoms with Gasteiger partial charge < -0.3 is 9.88 Å². The zero-order valence-corrected chi connectivity index (χ0v) is 28.7. The van der Waals surface area contributed by atoms with Crippen molar-refractivity contribution in [1.82, 2.24) is 4.98 Å². The third-order valence-corrected chi connectivity index (χ3v) is 11.0. The van der Waals surface area contributed by atoms with Gasteiger partial charge >= 0.3 is 0 Å². The first-order chi connectivity index (χ1) is 25.0. The number of anilines is 3. The Morgan fingerprint density at radius 1 is 0.412 bits per heavy atom. The quantitative estimate of drug-likeness (QED) is 0.196. The number of hydrogen-bond acceptors (Lipinski definition) is 1. The van der Waals surface area contributed by atoms with Gasteiger partial charge in [0.1, 0.15) is 0 Å². The van der Waals surface area contributed by atoms with Crippen LogP contribution in [0.2, 0.25) is 0 Å². The molecule has 242 valence electrons. The Hall–Kier alpha value is -6.38. The maximum Gasteiger partial charge on any atom is 0.0544 e. The smallest absolute Gasteiger partial charge is 0.0544 e. The van der Waals surface area contributed by atoms with Crippen LogP contribution in [0.4, 0.5) is 17.1 Å². The van der Waals surface area contributed by atoms with Gasteiger partial charge in [-0.2, -0.15) is 0 Å². The molecule has 0 aliphatic heterocycles. The topological polar surface area (TPSA) is 19.0 Å². The molecule has 0 fully saturated rings. The first-order valence-electron chi connectivity index (χ1n) is 17.8. The summed E-state index contributed by atoms with van der Waals surface area (Å²) in [4.78, 5) is 6.12. The molecule has 2 heteroatoms. The van der Waals surface area contributed by atoms with Gasteiger partial charge in [0.15, 0.2) is 0 Å². The number of benzene rings is 8. The van der Waals surface area contributed by atoms with Crippen LogP contribution < -0.4 is 4.90 Å². The van der Waals surface area contributed by atoms with E-state index in [0.717, 1.165) is 17.1 Å². The van der Waals surface area contributed by atoms with E-state index in [-0.39, 0.29) is 5.41 Å². The van der Waals surface area contributed by atoms with E-state index in [1.54, 1.807) is 0 Å². The fourth-order valence-corrected chi connectivity index (χ4v) is 8.36. The predicted molar refractivity (Wildman–Crippen MR) is 216 cm³/mol. The number of aromatic nitrogens is 1. The number of aromatic amines is 1. The fraction of sp³-hybridized carbons (Fsp3) is 0.0612. The number of nitrogens with one attached hydrogen (secondary N) is 1. The van der Waals surface area contributed by atoms with Crippen molar-refractivity contribution in [3.63, 3.8) is 0 Å². The number of fused-ring (bicyclic) bond motifs is 7. The summed E-state index contributed by atoms with van der Waals surface area (Å²) in [5.74, 6) is 0. The summed E-state index contributed by atoms with van der Waals surface area (Å²) in [6.45, 7) is 4.74. The van der Waals surface area contributed by atoms with E-state index in [0.29, 0.717) is 0 Å². The molecule has 1 aliphatic rings. The Balaban J connectivity index is 1.10. The average molecular weight is 653 g/mol. The maximum absolute atomic E-state index is 3.72. The molecule has 8 aromatic carbocycles. The summed E-state index contributed by atoms with van der Waals surface area (Å²) in [6.07, 6.45) is 0. The molecular weight excluding hydrogens is 617 g/mol. The molecule has 0 spiro atoms. The minimum absolute atomic E-state index is 0.140. The van der Waals surface area contributed by atoms with Crippen LogP contribution in [0.25, 0.3) is 66.0 Å². The second-order valence-corrected chi connectivity index (χ2v) is 14.3. The molecule has 0 bridgehead atoms. The molecule has 9 aromatic rings. The monoisotopic (exact) mass is 652 g/mol. The van der Waals surface area contributed by atoms with Crippen molar-refractivity contribution in [3.05, 3.63) is 187 Å². The molecule has 51 heavy (non-hydrogen) atoms. The Labute approximate surface area is 298 Å². The second-order valence-electron chi connectivity index (χ2n) is 14.3. The van der Waals surface area contributed by atoms with Crippen molar-refractivity contribution < 1.29 is 0 Å². The van der Waals surface area contributed by atoms with Gasteiger partial charge in [0.25, 0.3) is 0 Å². The van der Waals surface area contributed by atoms with Gasteiger partial charge in [0.2, 0.25) is 0 Å². The molecule has 10 rings (SSSR count). The van der Waals surface area contributed by atoms with Gasteiger partial charge in [-0.15, -0.1) is 0 Å². The van der Waals surface area contributed by atoms with E-state index in [1.165, 1.54) is 77.1 Å². The van der Waals surface area contributed by atoms with Crippen LogP contribution in [0, 0.1) is 0 Å². The highest BCUT2D eigenvalue weighted by Crippen LogP contribution is 2.52. The molecule has 0 saturated heterocycles. The number of hydrogen-bond donors (Lipinski definition) is 1. The summed E-state index contributed by atoms with van der Waals surface area (Å²) in [7, 11) is 0. The third-order valence-electron chi connectivity index (χ3n) is 11.0. The van der Waals surface area contributed by atoms with Crippen molar-refractivity contribution >= 4 is 49.6 Å². The molecule has 0 radical (unpaired) electrons. The summed E-state index contributed by atoms with van der Waals surface area (Å²) in [6, 6.07) is 64.3. The maximum atomic E-state index is 3.72. The first kappa shape index (κ1) is 29.5. The number of nitrogens with zero attached hydrogens (tertiary/aromatic N) is 1. The van der Waals surface area contributed by atoms with Crippen LogP contribution in [0.15, 0.2) is 176 Å². The largest absolute Gasteiger partial charge is 0.354 e. The van der Waals surface area contributed by atoms with Crippen molar-refractivity contribution in [2.75, 3.05) is 4.90 Å². The van der Waals surface area contributed by atoms with Gasteiger partial charge in [-0.25, -0.2) is 0 Å². The minimum Gasteiger partial charge on any atom is -0.354 e. The highest BCUT2D eigenvalue weighted by molar-refractivity contribution is 6.12. The molecule has 1 N–H and O–H groups in total. The van der Waals surface area contributed by atoms with Crippen molar-refractivity contribution in [2.45, 2.75) is 19.3 Å². The molecule has 2 nitrogen and oxygen atoms in total. The highest BCUT2D eigenvalue weighted by atomic mass is 15.1. The second kappa shape index (κ2) is 11.3. The number of H-pyrrole nitrogens is 1. The van der Waals surface area contributed by atoms with Gasteiger partial charge in [-0.1, -0.05) is 141 Å². The SMILES string of the molecule is CC1(C)c2ccc(N(c3ccc(-c4ccccc4)cc3)c3ccc4ccccc4c3)cc2-c2ccc(-c3cccc4c3[nH]c3ccccc34)cc21. The van der Waals surface area contributed by atoms with E-state index in [2.05, 4.69) is 200 Å². The summed E-state index contributed by atoms with van der Waals surface area (Å²) in [5.41, 5.74) is 15.9. The van der Waals surface area contributed by atoms with E-state index in [1.807, 2.05) is 0 Å². The molecule has 0 unspecified atom stereocenters. The van der Waals surface area contributed by atoms with Gasteiger partial charge in [-0.05, 0) is 98.2 Å². The van der Waals surface area contributed by atoms with Crippen molar-refractivity contribution in [3.8, 4) is 33.4 Å². The zero-order chi connectivity index (χ0) is 34.1. The zero-order valence-electron chi connectivity index (χ0n) is 28.7. The van der Waals surface area contributed by atoms with E-state index < -0.39 is 0 Å². The Bertz CT molecular complexity index is 2770. The van der Waals surface area contributed by atoms with E-state index >= 15 is 0 Å². The van der Waals surface area contributed by atoms with E-state index in [9.17, 15) is 0 Å². The van der Waals surface area contributed by atoms with Crippen LogP contribution in [0.1, 0.15) is 25.0 Å². The lowest BCUT2D eigenvalue weighted by Gasteiger charge is -2.27. The lowest BCUT2D eigenvalue weighted by molar-refractivity contribution is 0.660. The van der Waals surface area contributed by atoms with Crippen LogP contribution in [-0.2, 0) is 5.41 Å². The summed E-state index contributed by atoms with van der Waals surface area (Å²) in [5, 5.41) is 5.00. The molecule has 1 aromatic heterocycles. The third kappa shape index (κ3) is 4.71. The van der Waals surface area contributed by atoms with Crippen LogP contribution in [0.5, 0.6) is 0 Å². The Morgan fingerprint density at radius 2 is 1.08 bits per heavy atom. The van der Waals surface area contributed by atoms with Crippen molar-refractivity contribution in [1.29, 1.82) is 0 Å². The van der Waals surface area contributed by atoms with Crippen molar-refractivity contribution in [2.24, 2.45) is 0 Å². The van der Waals surface area contributed by atoms with Gasteiger partial charge in [0, 0.05) is 44.3 Å². The predicted octanol–water partition coefficient (Wildman–Crippen LogP) is 13.6. The minimum atomic E-state index is -0.140. The van der Waals surface area contributed by atoms with Gasteiger partial charge in [0.05, 0.1) is 5.52 Å². The molecule has 1 aliphatic carbocycles. The Kier molecular flexibility index (Phi) is 6.56. The number of para-hydroxylation sites is 2.